The standard InChI is InChI=1S/C81H93F2N11O12S2/c1-8-89(9-2)61-34-36-65-70(48-61)106-71-49-62(90(10-3)11-4)35-37-66(71)78(65)63-24-17-18-25-64(63)81(101)92-44-42-91(43-45-92)77(98)40-39-75(96)84-41-21-13-16-28-76(97)86-68(46-56-29-31-58(32-30-56)79(99)57-22-14-12-15-23-57)80(100)85-50-60-52-94(88-87-60)55(7)69(95)53-93(51-54(5)6)108(104,105)74-27-20-19-26-73(74)107(102,103)72-38-33-59(82)47-67(72)83/h12,14-15,17-20,22-27,29-38,47-49,52,54-55,68-69,95H,8-11,13,16,21,28,39-46,50-51,53H2,1-7H3,(H2-,84,85,86,96,97,100)/p+1/t55-,68-,69?/m0/s1. The van der Waals surface area contributed by atoms with Gasteiger partial charge in [-0.1, -0.05) is 110 Å². The number of halogens is 2. The molecule has 1 unspecified atom stereocenters. The van der Waals surface area contributed by atoms with E-state index in [1.54, 1.807) is 79.1 Å². The van der Waals surface area contributed by atoms with E-state index in [9.17, 15) is 59.5 Å². The van der Waals surface area contributed by atoms with Crippen LogP contribution < -0.4 is 30.8 Å². The Bertz CT molecular complexity index is 4980. The molecule has 0 saturated carbocycles. The van der Waals surface area contributed by atoms with Crippen molar-refractivity contribution in [2.45, 2.75) is 133 Å². The number of sulfonamides is 1. The molecule has 1 aliphatic carbocycles. The van der Waals surface area contributed by atoms with Gasteiger partial charge in [-0.05, 0) is 113 Å². The highest BCUT2D eigenvalue weighted by Crippen LogP contribution is 2.43. The molecule has 1 aromatic heterocycles. The number of sulfone groups is 1. The number of anilines is 1. The second-order valence-electron chi connectivity index (χ2n) is 27.2. The number of aliphatic hydroxyl groups excluding tert-OH is 1. The van der Waals surface area contributed by atoms with Crippen molar-refractivity contribution in [3.63, 3.8) is 0 Å². The zero-order valence-corrected chi connectivity index (χ0v) is 63.6. The minimum Gasteiger partial charge on any atom is -0.456 e. The van der Waals surface area contributed by atoms with Gasteiger partial charge in [-0.3, -0.25) is 28.8 Å². The summed E-state index contributed by atoms with van der Waals surface area (Å²) in [7, 11) is -9.59. The molecule has 6 aromatic carbocycles. The number of aromatic nitrogens is 3. The third-order valence-electron chi connectivity index (χ3n) is 19.5. The first-order valence-electron chi connectivity index (χ1n) is 36.7. The van der Waals surface area contributed by atoms with Gasteiger partial charge in [0.05, 0.1) is 35.8 Å². The molecule has 0 bridgehead atoms. The Labute approximate surface area is 628 Å². The summed E-state index contributed by atoms with van der Waals surface area (Å²) in [5.41, 5.74) is 6.66. The number of carbonyl (C=O) groups excluding carboxylic acids is 6. The Balaban J connectivity index is 0.704. The van der Waals surface area contributed by atoms with Crippen molar-refractivity contribution in [3.8, 4) is 22.5 Å². The summed E-state index contributed by atoms with van der Waals surface area (Å²) >= 11 is 0. The summed E-state index contributed by atoms with van der Waals surface area (Å²) in [5, 5.41) is 30.4. The van der Waals surface area contributed by atoms with Crippen molar-refractivity contribution >= 4 is 71.8 Å². The monoisotopic (exact) mass is 1510 g/mol. The third-order valence-corrected chi connectivity index (χ3v) is 23.3. The first-order chi connectivity index (χ1) is 51.8. The molecule has 3 aliphatic rings. The molecule has 10 rings (SSSR count). The molecule has 108 heavy (non-hydrogen) atoms. The topological polar surface area (TPSA) is 287 Å². The van der Waals surface area contributed by atoms with Gasteiger partial charge in [0.25, 0.3) is 5.91 Å². The zero-order chi connectivity index (χ0) is 77.4. The van der Waals surface area contributed by atoms with Gasteiger partial charge in [0.2, 0.25) is 48.8 Å². The molecule has 1 fully saturated rings. The molecule has 5 amide bonds. The number of hydrogen-bond acceptors (Lipinski definition) is 15. The van der Waals surface area contributed by atoms with E-state index in [1.807, 2.05) is 30.3 Å². The lowest BCUT2D eigenvalue weighted by molar-refractivity contribution is -0.134. The number of rotatable bonds is 34. The van der Waals surface area contributed by atoms with Crippen LogP contribution in [0.1, 0.15) is 131 Å². The highest BCUT2D eigenvalue weighted by Gasteiger charge is 2.37. The Hall–Kier alpha value is -10.4. The number of carbonyl (C=O) groups is 6. The number of amides is 5. The average molecular weight is 1520 g/mol. The Morgan fingerprint density at radius 1 is 0.657 bits per heavy atom. The fourth-order valence-corrected chi connectivity index (χ4v) is 17.2. The number of fused-ring (bicyclic) bond motifs is 2. The summed E-state index contributed by atoms with van der Waals surface area (Å²) in [4.78, 5) is 85.7. The Kier molecular flexibility index (Phi) is 27.1. The Morgan fingerprint density at radius 2 is 1.33 bits per heavy atom. The molecule has 23 nitrogen and oxygen atoms in total. The van der Waals surface area contributed by atoms with E-state index < -0.39 is 82.7 Å². The maximum absolute atomic E-state index is 14.9. The smallest absolute Gasteiger partial charge is 0.254 e. The first kappa shape index (κ1) is 80.2. The van der Waals surface area contributed by atoms with Crippen LogP contribution in [0.15, 0.2) is 183 Å². The molecule has 4 N–H and O–H groups in total. The normalized spacial score (nSPS) is 13.5. The number of benzene rings is 7. The minimum atomic E-state index is -4.85. The van der Waals surface area contributed by atoms with Gasteiger partial charge >= 0.3 is 0 Å². The molecule has 7 aromatic rings. The summed E-state index contributed by atoms with van der Waals surface area (Å²) in [6.07, 6.45) is 1.49. The van der Waals surface area contributed by atoms with E-state index in [-0.39, 0.29) is 73.9 Å². The highest BCUT2D eigenvalue weighted by molar-refractivity contribution is 7.93. The van der Waals surface area contributed by atoms with E-state index in [0.29, 0.717) is 97.7 Å². The average Bonchev–Trinajstić information content (AvgIpc) is 0.830. The van der Waals surface area contributed by atoms with Gasteiger partial charge in [-0.15, -0.1) is 5.10 Å². The molecule has 2 aliphatic heterocycles. The summed E-state index contributed by atoms with van der Waals surface area (Å²) in [6.45, 7) is 17.4. The first-order valence-corrected chi connectivity index (χ1v) is 39.7. The molecule has 3 atom stereocenters. The number of nitrogens with zero attached hydrogens (tertiary/aromatic N) is 8. The lowest BCUT2D eigenvalue weighted by Gasteiger charge is -2.35. The van der Waals surface area contributed by atoms with Crippen molar-refractivity contribution in [3.05, 3.63) is 209 Å². The molecule has 27 heteroatoms. The van der Waals surface area contributed by atoms with E-state index in [1.165, 1.54) is 23.0 Å². The predicted molar refractivity (Wildman–Crippen MR) is 408 cm³/mol. The van der Waals surface area contributed by atoms with Crippen LogP contribution >= 0.6 is 0 Å². The van der Waals surface area contributed by atoms with Crippen molar-refractivity contribution < 1.29 is 63.9 Å². The summed E-state index contributed by atoms with van der Waals surface area (Å²) in [6, 6.07) is 40.1. The third kappa shape index (κ3) is 19.3. The highest BCUT2D eigenvalue weighted by atomic mass is 32.2. The van der Waals surface area contributed by atoms with Crippen LogP contribution in [0, 0.1) is 17.6 Å². The van der Waals surface area contributed by atoms with Gasteiger partial charge in [0, 0.05) is 142 Å². The number of nitrogens with one attached hydrogen (secondary N) is 3. The van der Waals surface area contributed by atoms with Crippen molar-refractivity contribution in [1.82, 2.24) is 49.6 Å². The molecule has 3 heterocycles. The van der Waals surface area contributed by atoms with Crippen LogP contribution in [0.4, 0.5) is 14.5 Å². The zero-order valence-electron chi connectivity index (χ0n) is 61.9. The molecular formula is C81H94F2N11O12S2+. The van der Waals surface area contributed by atoms with Crippen LogP contribution in [0.5, 0.6) is 0 Å². The van der Waals surface area contributed by atoms with Crippen molar-refractivity contribution in [2.75, 3.05) is 76.9 Å². The molecule has 1 saturated heterocycles. The van der Waals surface area contributed by atoms with Gasteiger partial charge in [0.15, 0.2) is 5.78 Å². The fourth-order valence-electron chi connectivity index (χ4n) is 13.4. The lowest BCUT2D eigenvalue weighted by Crippen LogP contribution is -2.50. The second kappa shape index (κ2) is 36.5. The molecule has 0 radical (unpaired) electrons. The maximum Gasteiger partial charge on any atom is 0.254 e. The van der Waals surface area contributed by atoms with Crippen molar-refractivity contribution in [2.24, 2.45) is 5.92 Å². The quantitative estimate of drug-likeness (QED) is 0.00959. The van der Waals surface area contributed by atoms with Crippen LogP contribution in [0.2, 0.25) is 0 Å². The van der Waals surface area contributed by atoms with Crippen LogP contribution in [0.3, 0.4) is 0 Å². The summed E-state index contributed by atoms with van der Waals surface area (Å²) in [5.74, 6) is -3.87. The largest absolute Gasteiger partial charge is 0.456 e. The van der Waals surface area contributed by atoms with Crippen LogP contribution in [-0.2, 0) is 52.0 Å². The molecule has 570 valence electrons. The van der Waals surface area contributed by atoms with Crippen molar-refractivity contribution in [1.29, 1.82) is 0 Å². The van der Waals surface area contributed by atoms with Crippen LogP contribution in [0.25, 0.3) is 33.4 Å². The van der Waals surface area contributed by atoms with E-state index >= 15 is 0 Å². The second-order valence-corrected chi connectivity index (χ2v) is 31.0. The lowest BCUT2D eigenvalue weighted by atomic mass is 9.90. The van der Waals surface area contributed by atoms with E-state index in [4.69, 9.17) is 4.42 Å². The Morgan fingerprint density at radius 3 is 2.03 bits per heavy atom. The number of aliphatic hydroxyl groups is 1. The molecular weight excluding hydrogens is 1420 g/mol. The number of ketones is 1. The van der Waals surface area contributed by atoms with E-state index in [0.717, 1.165) is 81.8 Å². The van der Waals surface area contributed by atoms with Gasteiger partial charge in [-0.25, -0.2) is 34.9 Å². The fraction of sp³-hybridized carbons (Fsp3) is 0.370. The number of hydrogen-bond donors (Lipinski definition) is 4. The van der Waals surface area contributed by atoms with E-state index in [2.05, 4.69) is 99.8 Å². The summed E-state index contributed by atoms with van der Waals surface area (Å²) < 4.78 is 96.4. The van der Waals surface area contributed by atoms with Crippen LogP contribution in [-0.4, -0.2) is 170 Å². The minimum absolute atomic E-state index is 0.0112. The predicted octanol–water partition coefficient (Wildman–Crippen LogP) is 9.85. The van der Waals surface area contributed by atoms with Gasteiger partial charge in [0.1, 0.15) is 57.6 Å². The molecule has 0 spiro atoms. The SMILES string of the molecule is CCN(CC)c1ccc2c(-c3ccccc3C(=O)N3CCN(C(=O)CCC(=O)NCCCCCC(=O)N[C@@H](Cc4ccc(C(=O)c5ccccc5)cc4)C(=O)NCc4cn([C@@H](C)C(O)CN(CC(C)C)S(=O)(=O)c5ccccc5S(=O)(=O)c5ccc(F)cc5F)nn4)CC3)c3ccc(=[N+](CC)CC)cc-3oc2c1. The number of piperazine rings is 1. The maximum atomic E-state index is 14.9. The number of unbranched alkanes of at least 4 members (excludes halogenated alkanes) is 2. The van der Waals surface area contributed by atoms with Gasteiger partial charge in [-0.2, -0.15) is 4.31 Å². The van der Waals surface area contributed by atoms with Gasteiger partial charge < -0.3 is 40.2 Å².